The minimum Gasteiger partial charge on any atom is -0.462 e. The predicted octanol–water partition coefficient (Wildman–Crippen LogP) is 4.25. The molecule has 6 nitrogen and oxygen atoms in total. The van der Waals surface area contributed by atoms with Crippen molar-refractivity contribution in [3.63, 3.8) is 0 Å². The summed E-state index contributed by atoms with van der Waals surface area (Å²) >= 11 is 1.62. The van der Waals surface area contributed by atoms with E-state index in [9.17, 15) is 9.59 Å². The van der Waals surface area contributed by atoms with Crippen LogP contribution in [0.1, 0.15) is 38.2 Å². The van der Waals surface area contributed by atoms with Gasteiger partial charge >= 0.3 is 5.97 Å². The number of ether oxygens (including phenoxy) is 1. The van der Waals surface area contributed by atoms with E-state index < -0.39 is 5.97 Å². The third-order valence-corrected chi connectivity index (χ3v) is 5.29. The first-order valence-corrected chi connectivity index (χ1v) is 10.2. The summed E-state index contributed by atoms with van der Waals surface area (Å²) in [4.78, 5) is 27.8. The molecule has 2 heterocycles. The van der Waals surface area contributed by atoms with Gasteiger partial charge in [0.05, 0.1) is 30.7 Å². The number of hydrogen-bond donors (Lipinski definition) is 0. The lowest BCUT2D eigenvalue weighted by Crippen LogP contribution is -2.30. The number of esters is 1. The highest BCUT2D eigenvalue weighted by atomic mass is 32.1. The van der Waals surface area contributed by atoms with E-state index in [4.69, 9.17) is 4.74 Å². The molecular formula is C22H23N3O3S. The van der Waals surface area contributed by atoms with Gasteiger partial charge in [0, 0.05) is 17.0 Å². The first-order chi connectivity index (χ1) is 14.0. The quantitative estimate of drug-likeness (QED) is 0.412. The second kappa shape index (κ2) is 9.34. The van der Waals surface area contributed by atoms with Crippen LogP contribution >= 0.6 is 11.3 Å². The number of carbonyl (C=O) groups is 2. The van der Waals surface area contributed by atoms with Crippen LogP contribution in [0, 0.1) is 6.92 Å². The minimum absolute atomic E-state index is 0.0609. The molecule has 0 aliphatic heterocycles. The molecule has 0 aliphatic carbocycles. The number of rotatable bonds is 8. The van der Waals surface area contributed by atoms with Crippen molar-refractivity contribution >= 4 is 23.2 Å². The number of thiophene rings is 1. The Morgan fingerprint density at radius 3 is 2.66 bits per heavy atom. The molecule has 0 saturated heterocycles. The van der Waals surface area contributed by atoms with E-state index in [1.54, 1.807) is 46.1 Å². The van der Waals surface area contributed by atoms with Gasteiger partial charge in [-0.1, -0.05) is 12.1 Å². The molecule has 3 aromatic rings. The third kappa shape index (κ3) is 4.63. The van der Waals surface area contributed by atoms with Crippen molar-refractivity contribution < 1.29 is 14.3 Å². The fourth-order valence-electron chi connectivity index (χ4n) is 2.97. The van der Waals surface area contributed by atoms with Crippen LogP contribution in [-0.2, 0) is 11.3 Å². The number of carbonyl (C=O) groups excluding carboxylic acids is 2. The van der Waals surface area contributed by atoms with Crippen molar-refractivity contribution in [2.45, 2.75) is 20.4 Å². The summed E-state index contributed by atoms with van der Waals surface area (Å²) in [6.45, 7) is 8.67. The lowest BCUT2D eigenvalue weighted by atomic mass is 10.1. The molecule has 0 spiro atoms. The first kappa shape index (κ1) is 20.5. The molecule has 1 aromatic carbocycles. The SMILES string of the molecule is C=CCN(Cc1cccs1)C(=O)c1ccc(-n2ncc(C(=O)OCC)c2C)cc1. The van der Waals surface area contributed by atoms with E-state index in [-0.39, 0.29) is 5.91 Å². The van der Waals surface area contributed by atoms with Crippen molar-refractivity contribution in [3.05, 3.63) is 82.3 Å². The topological polar surface area (TPSA) is 64.4 Å². The molecule has 150 valence electrons. The maximum atomic E-state index is 12.9. The highest BCUT2D eigenvalue weighted by molar-refractivity contribution is 7.09. The minimum atomic E-state index is -0.392. The molecule has 3 rings (SSSR count). The summed E-state index contributed by atoms with van der Waals surface area (Å²) in [5.41, 5.74) is 2.47. The molecule has 0 N–H and O–H groups in total. The molecule has 0 atom stereocenters. The fourth-order valence-corrected chi connectivity index (χ4v) is 3.69. The largest absolute Gasteiger partial charge is 0.462 e. The van der Waals surface area contributed by atoms with Crippen molar-refractivity contribution in [1.82, 2.24) is 14.7 Å². The van der Waals surface area contributed by atoms with E-state index in [1.807, 2.05) is 36.6 Å². The highest BCUT2D eigenvalue weighted by Crippen LogP contribution is 2.18. The smallest absolute Gasteiger partial charge is 0.341 e. The average Bonchev–Trinajstić information content (AvgIpc) is 3.37. The Bertz CT molecular complexity index is 991. The van der Waals surface area contributed by atoms with Crippen LogP contribution in [-0.4, -0.2) is 39.7 Å². The van der Waals surface area contributed by atoms with Gasteiger partial charge < -0.3 is 9.64 Å². The Hall–Kier alpha value is -3.19. The maximum Gasteiger partial charge on any atom is 0.341 e. The zero-order valence-electron chi connectivity index (χ0n) is 16.5. The van der Waals surface area contributed by atoms with Gasteiger partial charge in [-0.25, -0.2) is 9.48 Å². The van der Waals surface area contributed by atoms with E-state index in [0.29, 0.717) is 36.5 Å². The van der Waals surface area contributed by atoms with Gasteiger partial charge in [-0.3, -0.25) is 4.79 Å². The molecule has 0 fully saturated rings. The van der Waals surface area contributed by atoms with Gasteiger partial charge in [-0.15, -0.1) is 17.9 Å². The third-order valence-electron chi connectivity index (χ3n) is 4.43. The van der Waals surface area contributed by atoms with Crippen LogP contribution in [0.4, 0.5) is 0 Å². The Morgan fingerprint density at radius 1 is 1.28 bits per heavy atom. The summed E-state index contributed by atoms with van der Waals surface area (Å²) in [6.07, 6.45) is 3.23. The van der Waals surface area contributed by atoms with E-state index >= 15 is 0 Å². The van der Waals surface area contributed by atoms with Crippen LogP contribution in [0.15, 0.2) is 60.6 Å². The van der Waals surface area contributed by atoms with Gasteiger partial charge in [-0.05, 0) is 49.6 Å². The van der Waals surface area contributed by atoms with Crippen molar-refractivity contribution in [1.29, 1.82) is 0 Å². The molecule has 29 heavy (non-hydrogen) atoms. The summed E-state index contributed by atoms with van der Waals surface area (Å²) in [6, 6.07) is 11.2. The van der Waals surface area contributed by atoms with Gasteiger partial charge in [0.1, 0.15) is 5.56 Å². The highest BCUT2D eigenvalue weighted by Gasteiger charge is 2.18. The number of benzene rings is 1. The zero-order valence-corrected chi connectivity index (χ0v) is 17.3. The maximum absolute atomic E-state index is 12.9. The normalized spacial score (nSPS) is 10.6. The van der Waals surface area contributed by atoms with E-state index in [2.05, 4.69) is 11.7 Å². The van der Waals surface area contributed by atoms with Gasteiger partial charge in [0.2, 0.25) is 0 Å². The summed E-state index contributed by atoms with van der Waals surface area (Å²) < 4.78 is 6.71. The van der Waals surface area contributed by atoms with Gasteiger partial charge in [0.25, 0.3) is 5.91 Å². The first-order valence-electron chi connectivity index (χ1n) is 9.29. The number of hydrogen-bond acceptors (Lipinski definition) is 5. The second-order valence-corrected chi connectivity index (χ2v) is 7.41. The molecule has 0 bridgehead atoms. The van der Waals surface area contributed by atoms with Crippen LogP contribution in [0.2, 0.25) is 0 Å². The molecule has 0 radical (unpaired) electrons. The summed E-state index contributed by atoms with van der Waals surface area (Å²) in [5.74, 6) is -0.453. The number of amides is 1. The molecule has 1 amide bonds. The number of aromatic nitrogens is 2. The second-order valence-electron chi connectivity index (χ2n) is 6.38. The predicted molar refractivity (Wildman–Crippen MR) is 114 cm³/mol. The molecule has 0 unspecified atom stereocenters. The Labute approximate surface area is 174 Å². The molecule has 2 aromatic heterocycles. The lowest BCUT2D eigenvalue weighted by Gasteiger charge is -2.20. The Balaban J connectivity index is 1.79. The van der Waals surface area contributed by atoms with Crippen molar-refractivity contribution in [2.24, 2.45) is 0 Å². The van der Waals surface area contributed by atoms with Crippen LogP contribution in [0.25, 0.3) is 5.69 Å². The summed E-state index contributed by atoms with van der Waals surface area (Å²) in [7, 11) is 0. The standard InChI is InChI=1S/C22H23N3O3S/c1-4-12-24(15-19-7-6-13-29-19)21(26)17-8-10-18(11-9-17)25-16(3)20(14-23-25)22(27)28-5-2/h4,6-11,13-14H,1,5,12,15H2,2-3H3. The van der Waals surface area contributed by atoms with Crippen molar-refractivity contribution in [2.75, 3.05) is 13.2 Å². The lowest BCUT2D eigenvalue weighted by molar-refractivity contribution is 0.0525. The van der Waals surface area contributed by atoms with Crippen LogP contribution < -0.4 is 0 Å². The van der Waals surface area contributed by atoms with Gasteiger partial charge in [0.15, 0.2) is 0 Å². The number of nitrogens with zero attached hydrogens (tertiary/aromatic N) is 3. The van der Waals surface area contributed by atoms with E-state index in [1.165, 1.54) is 6.20 Å². The van der Waals surface area contributed by atoms with E-state index in [0.717, 1.165) is 10.6 Å². The zero-order chi connectivity index (χ0) is 20.8. The van der Waals surface area contributed by atoms with Crippen LogP contribution in [0.3, 0.4) is 0 Å². The molecule has 0 aliphatic rings. The van der Waals surface area contributed by atoms with Crippen LogP contribution in [0.5, 0.6) is 0 Å². The molecule has 0 saturated carbocycles. The molecular weight excluding hydrogens is 386 g/mol. The monoisotopic (exact) mass is 409 g/mol. The average molecular weight is 410 g/mol. The summed E-state index contributed by atoms with van der Waals surface area (Å²) in [5, 5.41) is 6.28. The molecule has 7 heteroatoms. The fraction of sp³-hybridized carbons (Fsp3) is 0.227. The Morgan fingerprint density at radius 2 is 2.03 bits per heavy atom. The van der Waals surface area contributed by atoms with Gasteiger partial charge in [-0.2, -0.15) is 5.10 Å². The van der Waals surface area contributed by atoms with Crippen molar-refractivity contribution in [3.8, 4) is 5.69 Å². The Kier molecular flexibility index (Phi) is 6.61.